The third-order valence-corrected chi connectivity index (χ3v) is 3.59. The third kappa shape index (κ3) is 2.76. The molecule has 0 spiro atoms. The number of nitrogen functional groups attached to an aromatic ring is 1. The maximum atomic E-state index is 5.73. The van der Waals surface area contributed by atoms with E-state index in [1.165, 1.54) is 6.42 Å². The van der Waals surface area contributed by atoms with Crippen molar-refractivity contribution in [1.82, 2.24) is 14.5 Å². The first kappa shape index (κ1) is 12.2. The first-order valence-electron chi connectivity index (χ1n) is 6.63. The molecular formula is C14H18N4O. The molecule has 1 atom stereocenters. The Morgan fingerprint density at radius 2 is 2.42 bits per heavy atom. The zero-order valence-corrected chi connectivity index (χ0v) is 10.8. The number of rotatable bonds is 4. The van der Waals surface area contributed by atoms with Crippen LogP contribution in [-0.4, -0.2) is 27.7 Å². The molecule has 2 aromatic rings. The summed E-state index contributed by atoms with van der Waals surface area (Å²) in [5.41, 5.74) is 7.88. The van der Waals surface area contributed by atoms with Gasteiger partial charge in [0.1, 0.15) is 5.82 Å². The summed E-state index contributed by atoms with van der Waals surface area (Å²) in [4.78, 5) is 8.26. The molecule has 0 bridgehead atoms. The van der Waals surface area contributed by atoms with E-state index in [1.807, 2.05) is 24.7 Å². The van der Waals surface area contributed by atoms with E-state index in [0.717, 1.165) is 37.4 Å². The maximum absolute atomic E-state index is 5.73. The molecule has 3 heterocycles. The first-order chi connectivity index (χ1) is 9.33. The summed E-state index contributed by atoms with van der Waals surface area (Å²) in [7, 11) is 0. The molecule has 1 aliphatic heterocycles. The van der Waals surface area contributed by atoms with Crippen molar-refractivity contribution in [2.24, 2.45) is 5.92 Å². The van der Waals surface area contributed by atoms with Crippen molar-refractivity contribution in [3.8, 4) is 11.3 Å². The van der Waals surface area contributed by atoms with Gasteiger partial charge in [0.05, 0.1) is 18.2 Å². The highest BCUT2D eigenvalue weighted by atomic mass is 16.5. The van der Waals surface area contributed by atoms with Crippen molar-refractivity contribution in [1.29, 1.82) is 0 Å². The van der Waals surface area contributed by atoms with E-state index in [2.05, 4.69) is 14.5 Å². The van der Waals surface area contributed by atoms with Gasteiger partial charge in [-0.15, -0.1) is 0 Å². The minimum Gasteiger partial charge on any atom is -0.384 e. The Balaban J connectivity index is 1.74. The van der Waals surface area contributed by atoms with Crippen LogP contribution >= 0.6 is 0 Å². The number of hydrogen-bond acceptors (Lipinski definition) is 4. The number of aryl methyl sites for hydroxylation is 1. The minimum absolute atomic E-state index is 0.537. The summed E-state index contributed by atoms with van der Waals surface area (Å²) in [6, 6.07) is 3.84. The van der Waals surface area contributed by atoms with Crippen LogP contribution < -0.4 is 5.73 Å². The molecule has 1 unspecified atom stereocenters. The van der Waals surface area contributed by atoms with Gasteiger partial charge in [0.15, 0.2) is 0 Å². The lowest BCUT2D eigenvalue weighted by Crippen LogP contribution is -2.06. The van der Waals surface area contributed by atoms with Crippen LogP contribution in [0.3, 0.4) is 0 Å². The number of nitrogens with two attached hydrogens (primary N) is 1. The molecule has 1 aliphatic rings. The molecule has 0 aromatic carbocycles. The third-order valence-electron chi connectivity index (χ3n) is 3.59. The number of ether oxygens (including phenoxy) is 1. The van der Waals surface area contributed by atoms with Crippen LogP contribution in [0.5, 0.6) is 0 Å². The van der Waals surface area contributed by atoms with Gasteiger partial charge < -0.3 is 15.0 Å². The number of hydrogen-bond donors (Lipinski definition) is 1. The molecule has 0 saturated carbocycles. The molecule has 2 N–H and O–H groups in total. The standard InChI is InChI=1S/C14H18N4O/c15-14-7-12(1-4-17-14)13-8-16-10-18(13)5-2-11-3-6-19-9-11/h1,4,7-8,10-11H,2-3,5-6,9H2,(H2,15,17). The lowest BCUT2D eigenvalue weighted by atomic mass is 10.1. The summed E-state index contributed by atoms with van der Waals surface area (Å²) in [5, 5.41) is 0. The van der Waals surface area contributed by atoms with Crippen LogP contribution in [0.1, 0.15) is 12.8 Å². The van der Waals surface area contributed by atoms with Crippen LogP contribution in [0.15, 0.2) is 30.9 Å². The van der Waals surface area contributed by atoms with Crippen LogP contribution in [0.4, 0.5) is 5.82 Å². The second-order valence-electron chi connectivity index (χ2n) is 4.96. The van der Waals surface area contributed by atoms with E-state index in [-0.39, 0.29) is 0 Å². The van der Waals surface area contributed by atoms with Gasteiger partial charge in [-0.1, -0.05) is 0 Å². The highest BCUT2D eigenvalue weighted by Crippen LogP contribution is 2.22. The molecule has 2 aromatic heterocycles. The molecule has 0 radical (unpaired) electrons. The highest BCUT2D eigenvalue weighted by Gasteiger charge is 2.16. The molecule has 19 heavy (non-hydrogen) atoms. The minimum atomic E-state index is 0.537. The molecule has 100 valence electrons. The van der Waals surface area contributed by atoms with E-state index >= 15 is 0 Å². The van der Waals surface area contributed by atoms with Gasteiger partial charge in [0.25, 0.3) is 0 Å². The fraction of sp³-hybridized carbons (Fsp3) is 0.429. The number of pyridine rings is 1. The predicted octanol–water partition coefficient (Wildman–Crippen LogP) is 1.95. The molecule has 0 amide bonds. The van der Waals surface area contributed by atoms with Crippen molar-refractivity contribution < 1.29 is 4.74 Å². The molecule has 1 saturated heterocycles. The van der Waals surface area contributed by atoms with Crippen LogP contribution in [0.25, 0.3) is 11.3 Å². The van der Waals surface area contributed by atoms with E-state index in [0.29, 0.717) is 11.7 Å². The van der Waals surface area contributed by atoms with E-state index in [4.69, 9.17) is 10.5 Å². The largest absolute Gasteiger partial charge is 0.384 e. The fourth-order valence-electron chi connectivity index (χ4n) is 2.48. The fourth-order valence-corrected chi connectivity index (χ4v) is 2.48. The number of aromatic nitrogens is 3. The summed E-state index contributed by atoms with van der Waals surface area (Å²) in [6.45, 7) is 2.76. The molecule has 5 heteroatoms. The Labute approximate surface area is 112 Å². The Kier molecular flexibility index (Phi) is 3.46. The van der Waals surface area contributed by atoms with Crippen molar-refractivity contribution >= 4 is 5.82 Å². The topological polar surface area (TPSA) is 66.0 Å². The molecule has 0 aliphatic carbocycles. The van der Waals surface area contributed by atoms with Gasteiger partial charge in [-0.25, -0.2) is 9.97 Å². The van der Waals surface area contributed by atoms with Crippen LogP contribution in [-0.2, 0) is 11.3 Å². The van der Waals surface area contributed by atoms with Crippen molar-refractivity contribution in [3.63, 3.8) is 0 Å². The first-order valence-corrected chi connectivity index (χ1v) is 6.63. The van der Waals surface area contributed by atoms with E-state index in [9.17, 15) is 0 Å². The van der Waals surface area contributed by atoms with Gasteiger partial charge in [0, 0.05) is 31.5 Å². The van der Waals surface area contributed by atoms with E-state index < -0.39 is 0 Å². The van der Waals surface area contributed by atoms with E-state index in [1.54, 1.807) is 6.20 Å². The average molecular weight is 258 g/mol. The summed E-state index contributed by atoms with van der Waals surface area (Å²) < 4.78 is 7.58. The average Bonchev–Trinajstić information content (AvgIpc) is 3.08. The van der Waals surface area contributed by atoms with Crippen LogP contribution in [0, 0.1) is 5.92 Å². The zero-order valence-electron chi connectivity index (χ0n) is 10.8. The monoisotopic (exact) mass is 258 g/mol. The molecule has 1 fully saturated rings. The smallest absolute Gasteiger partial charge is 0.123 e. The van der Waals surface area contributed by atoms with Gasteiger partial charge in [-0.05, 0) is 30.9 Å². The quantitative estimate of drug-likeness (QED) is 0.910. The Morgan fingerprint density at radius 1 is 1.47 bits per heavy atom. The second-order valence-corrected chi connectivity index (χ2v) is 4.96. The molecule has 5 nitrogen and oxygen atoms in total. The van der Waals surface area contributed by atoms with Crippen molar-refractivity contribution in [3.05, 3.63) is 30.9 Å². The number of imidazole rings is 1. The second kappa shape index (κ2) is 5.40. The lowest BCUT2D eigenvalue weighted by molar-refractivity contribution is 0.183. The summed E-state index contributed by atoms with van der Waals surface area (Å²) >= 11 is 0. The Morgan fingerprint density at radius 3 is 3.21 bits per heavy atom. The zero-order chi connectivity index (χ0) is 13.1. The highest BCUT2D eigenvalue weighted by molar-refractivity contribution is 5.61. The maximum Gasteiger partial charge on any atom is 0.123 e. The van der Waals surface area contributed by atoms with Gasteiger partial charge in [-0.3, -0.25) is 0 Å². The summed E-state index contributed by atoms with van der Waals surface area (Å²) in [5.74, 6) is 1.22. The molecule has 3 rings (SSSR count). The lowest BCUT2D eigenvalue weighted by Gasteiger charge is -2.11. The van der Waals surface area contributed by atoms with Gasteiger partial charge >= 0.3 is 0 Å². The van der Waals surface area contributed by atoms with Crippen LogP contribution in [0.2, 0.25) is 0 Å². The summed E-state index contributed by atoms with van der Waals surface area (Å²) in [6.07, 6.45) is 7.78. The normalized spacial score (nSPS) is 18.8. The SMILES string of the molecule is Nc1cc(-c2cncn2CCC2CCOC2)ccn1. The van der Waals surface area contributed by atoms with Gasteiger partial charge in [0.2, 0.25) is 0 Å². The number of nitrogens with zero attached hydrogens (tertiary/aromatic N) is 3. The molecular weight excluding hydrogens is 240 g/mol. The van der Waals surface area contributed by atoms with Crippen molar-refractivity contribution in [2.75, 3.05) is 18.9 Å². The Bertz CT molecular complexity index is 546. The van der Waals surface area contributed by atoms with Crippen molar-refractivity contribution in [2.45, 2.75) is 19.4 Å². The predicted molar refractivity (Wildman–Crippen MR) is 73.4 cm³/mol. The van der Waals surface area contributed by atoms with Gasteiger partial charge in [-0.2, -0.15) is 0 Å². The number of anilines is 1. The Hall–Kier alpha value is -1.88.